The van der Waals surface area contributed by atoms with E-state index in [1.54, 1.807) is 48.5 Å². The molecule has 3 N–H and O–H groups in total. The number of carbonyl (C=O) groups is 2. The molecule has 0 bridgehead atoms. The summed E-state index contributed by atoms with van der Waals surface area (Å²) in [5, 5.41) is 3.31. The highest BCUT2D eigenvalue weighted by molar-refractivity contribution is 6.30. The second-order valence-electron chi connectivity index (χ2n) is 4.17. The van der Waals surface area contributed by atoms with Crippen molar-refractivity contribution in [3.8, 4) is 0 Å². The zero-order valence-corrected chi connectivity index (χ0v) is 11.4. The summed E-state index contributed by atoms with van der Waals surface area (Å²) in [6, 6.07) is 13.2. The van der Waals surface area contributed by atoms with E-state index in [2.05, 4.69) is 5.32 Å². The van der Waals surface area contributed by atoms with Gasteiger partial charge in [-0.05, 0) is 48.5 Å². The highest BCUT2D eigenvalue weighted by Crippen LogP contribution is 2.13. The third kappa shape index (κ3) is 3.44. The predicted octanol–water partition coefficient (Wildman–Crippen LogP) is 2.73. The monoisotopic (exact) mass is 288 g/mol. The fraction of sp³-hybridized carbons (Fsp3) is 0.0667. The van der Waals surface area contributed by atoms with E-state index < -0.39 is 0 Å². The molecule has 0 radical (unpaired) electrons. The molecule has 0 atom stereocenters. The molecule has 1 amide bonds. The van der Waals surface area contributed by atoms with E-state index in [9.17, 15) is 9.59 Å². The van der Waals surface area contributed by atoms with Crippen LogP contribution in [0.1, 0.15) is 20.7 Å². The quantitative estimate of drug-likeness (QED) is 0.850. The molecule has 20 heavy (non-hydrogen) atoms. The number of benzene rings is 2. The molecule has 0 saturated heterocycles. The first-order chi connectivity index (χ1) is 9.60. The van der Waals surface area contributed by atoms with Crippen LogP contribution >= 0.6 is 11.6 Å². The molecule has 0 spiro atoms. The zero-order chi connectivity index (χ0) is 14.5. The standard InChI is InChI=1S/C15H13ClN2O2/c16-12-5-1-11(2-6-12)15(20)18-13-7-3-10(4-8-13)14(19)9-17/h1-8H,9,17H2,(H,18,20). The number of ketones is 1. The number of Topliss-reactive ketones (excluding diaryl/α,β-unsaturated/α-hetero) is 1. The summed E-state index contributed by atoms with van der Waals surface area (Å²) >= 11 is 5.76. The summed E-state index contributed by atoms with van der Waals surface area (Å²) in [6.45, 7) is -0.0313. The maximum Gasteiger partial charge on any atom is 0.255 e. The van der Waals surface area contributed by atoms with Crippen molar-refractivity contribution in [3.05, 3.63) is 64.7 Å². The van der Waals surface area contributed by atoms with Crippen LogP contribution in [-0.4, -0.2) is 18.2 Å². The van der Waals surface area contributed by atoms with Gasteiger partial charge in [-0.25, -0.2) is 0 Å². The number of anilines is 1. The first kappa shape index (κ1) is 14.2. The van der Waals surface area contributed by atoms with Crippen molar-refractivity contribution in [2.75, 3.05) is 11.9 Å². The molecule has 0 heterocycles. The fourth-order valence-corrected chi connectivity index (χ4v) is 1.79. The maximum absolute atomic E-state index is 12.0. The second-order valence-corrected chi connectivity index (χ2v) is 4.60. The maximum atomic E-state index is 12.0. The van der Waals surface area contributed by atoms with Crippen molar-refractivity contribution >= 4 is 29.0 Å². The Balaban J connectivity index is 2.08. The van der Waals surface area contributed by atoms with Gasteiger partial charge in [0.15, 0.2) is 5.78 Å². The van der Waals surface area contributed by atoms with E-state index in [0.29, 0.717) is 21.8 Å². The van der Waals surface area contributed by atoms with Crippen LogP contribution in [0, 0.1) is 0 Å². The number of hydrogen-bond acceptors (Lipinski definition) is 3. The van der Waals surface area contributed by atoms with Gasteiger partial charge in [0.25, 0.3) is 5.91 Å². The van der Waals surface area contributed by atoms with Crippen LogP contribution in [0.2, 0.25) is 5.02 Å². The number of nitrogens with one attached hydrogen (secondary N) is 1. The Kier molecular flexibility index (Phi) is 4.50. The van der Waals surface area contributed by atoms with Gasteiger partial charge in [-0.2, -0.15) is 0 Å². The minimum absolute atomic E-state index is 0.0313. The first-order valence-corrected chi connectivity index (χ1v) is 6.38. The molecule has 0 fully saturated rings. The number of hydrogen-bond donors (Lipinski definition) is 2. The van der Waals surface area contributed by atoms with E-state index in [-0.39, 0.29) is 18.2 Å². The highest BCUT2D eigenvalue weighted by atomic mass is 35.5. The lowest BCUT2D eigenvalue weighted by atomic mass is 10.1. The molecule has 2 rings (SSSR count). The smallest absolute Gasteiger partial charge is 0.255 e. The summed E-state index contributed by atoms with van der Waals surface area (Å²) < 4.78 is 0. The molecular formula is C15H13ClN2O2. The number of nitrogens with two attached hydrogens (primary N) is 1. The largest absolute Gasteiger partial charge is 0.324 e. The molecule has 0 aliphatic heterocycles. The summed E-state index contributed by atoms with van der Waals surface area (Å²) in [5.74, 6) is -0.375. The van der Waals surface area contributed by atoms with Crippen molar-refractivity contribution in [1.82, 2.24) is 0 Å². The molecule has 0 saturated carbocycles. The lowest BCUT2D eigenvalue weighted by molar-refractivity contribution is 0.0999. The van der Waals surface area contributed by atoms with Gasteiger partial charge >= 0.3 is 0 Å². The third-order valence-electron chi connectivity index (χ3n) is 2.76. The van der Waals surface area contributed by atoms with Gasteiger partial charge in [-0.3, -0.25) is 9.59 Å². The van der Waals surface area contributed by atoms with Gasteiger partial charge in [-0.1, -0.05) is 11.6 Å². The Hall–Kier alpha value is -2.17. The van der Waals surface area contributed by atoms with Crippen LogP contribution in [0.3, 0.4) is 0 Å². The van der Waals surface area contributed by atoms with E-state index in [1.165, 1.54) is 0 Å². The third-order valence-corrected chi connectivity index (χ3v) is 3.01. The van der Waals surface area contributed by atoms with Crippen molar-refractivity contribution in [3.63, 3.8) is 0 Å². The molecule has 0 unspecified atom stereocenters. The summed E-state index contributed by atoms with van der Waals surface area (Å²) in [5.41, 5.74) is 6.93. The Morgan fingerprint density at radius 2 is 1.50 bits per heavy atom. The molecule has 0 aliphatic rings. The lowest BCUT2D eigenvalue weighted by Gasteiger charge is -2.06. The summed E-state index contributed by atoms with van der Waals surface area (Å²) in [4.78, 5) is 23.3. The van der Waals surface area contributed by atoms with Gasteiger partial charge in [0.1, 0.15) is 0 Å². The molecule has 2 aromatic carbocycles. The van der Waals surface area contributed by atoms with E-state index in [0.717, 1.165) is 0 Å². The van der Waals surface area contributed by atoms with E-state index in [4.69, 9.17) is 17.3 Å². The van der Waals surface area contributed by atoms with E-state index in [1.807, 2.05) is 0 Å². The fourth-order valence-electron chi connectivity index (χ4n) is 1.66. The normalized spacial score (nSPS) is 10.1. The molecule has 0 aromatic heterocycles. The van der Waals surface area contributed by atoms with Crippen LogP contribution in [0.25, 0.3) is 0 Å². The Bertz CT molecular complexity index is 621. The van der Waals surface area contributed by atoms with Crippen LogP contribution < -0.4 is 11.1 Å². The second kappa shape index (κ2) is 6.32. The highest BCUT2D eigenvalue weighted by Gasteiger charge is 2.07. The Labute approximate surface area is 121 Å². The number of carbonyl (C=O) groups excluding carboxylic acids is 2. The van der Waals surface area contributed by atoms with Gasteiger partial charge in [-0.15, -0.1) is 0 Å². The topological polar surface area (TPSA) is 72.2 Å². The average Bonchev–Trinajstić information content (AvgIpc) is 2.48. The predicted molar refractivity (Wildman–Crippen MR) is 79.2 cm³/mol. The Morgan fingerprint density at radius 1 is 0.950 bits per heavy atom. The lowest BCUT2D eigenvalue weighted by Crippen LogP contribution is -2.14. The molecule has 102 valence electrons. The number of rotatable bonds is 4. The first-order valence-electron chi connectivity index (χ1n) is 6.00. The Morgan fingerprint density at radius 3 is 2.05 bits per heavy atom. The minimum Gasteiger partial charge on any atom is -0.324 e. The average molecular weight is 289 g/mol. The van der Waals surface area contributed by atoms with Crippen molar-refractivity contribution in [2.24, 2.45) is 5.73 Å². The van der Waals surface area contributed by atoms with Crippen molar-refractivity contribution in [2.45, 2.75) is 0 Å². The van der Waals surface area contributed by atoms with Gasteiger partial charge < -0.3 is 11.1 Å². The van der Waals surface area contributed by atoms with Crippen LogP contribution in [-0.2, 0) is 0 Å². The molecule has 5 heteroatoms. The molecular weight excluding hydrogens is 276 g/mol. The van der Waals surface area contributed by atoms with Crippen LogP contribution in [0.4, 0.5) is 5.69 Å². The van der Waals surface area contributed by atoms with Crippen LogP contribution in [0.15, 0.2) is 48.5 Å². The van der Waals surface area contributed by atoms with Gasteiger partial charge in [0.05, 0.1) is 6.54 Å². The van der Waals surface area contributed by atoms with Crippen LogP contribution in [0.5, 0.6) is 0 Å². The molecule has 2 aromatic rings. The number of halogens is 1. The summed E-state index contributed by atoms with van der Waals surface area (Å²) in [6.07, 6.45) is 0. The van der Waals surface area contributed by atoms with Crippen molar-refractivity contribution in [1.29, 1.82) is 0 Å². The zero-order valence-electron chi connectivity index (χ0n) is 10.6. The van der Waals surface area contributed by atoms with Gasteiger partial charge in [0.2, 0.25) is 0 Å². The molecule has 0 aliphatic carbocycles. The SMILES string of the molecule is NCC(=O)c1ccc(NC(=O)c2ccc(Cl)cc2)cc1. The van der Waals surface area contributed by atoms with E-state index >= 15 is 0 Å². The summed E-state index contributed by atoms with van der Waals surface area (Å²) in [7, 11) is 0. The number of amides is 1. The van der Waals surface area contributed by atoms with Gasteiger partial charge in [0, 0.05) is 21.8 Å². The molecule has 4 nitrogen and oxygen atoms in total. The van der Waals surface area contributed by atoms with Crippen molar-refractivity contribution < 1.29 is 9.59 Å². The minimum atomic E-state index is -0.237.